The summed E-state index contributed by atoms with van der Waals surface area (Å²) < 4.78 is 0. The Morgan fingerprint density at radius 3 is 2.93 bits per heavy atom. The van der Waals surface area contributed by atoms with Gasteiger partial charge in [-0.2, -0.15) is 5.26 Å². The number of rotatable bonds is 3. The summed E-state index contributed by atoms with van der Waals surface area (Å²) in [7, 11) is 0. The van der Waals surface area contributed by atoms with Crippen molar-refractivity contribution in [1.29, 1.82) is 5.26 Å². The molecule has 0 spiro atoms. The first kappa shape index (κ1) is 11.2. The third-order valence-corrected chi connectivity index (χ3v) is 1.96. The molecule has 78 valence electrons. The Morgan fingerprint density at radius 1 is 1.67 bits per heavy atom. The summed E-state index contributed by atoms with van der Waals surface area (Å²) in [6.45, 7) is 3.98. The third-order valence-electron chi connectivity index (χ3n) is 1.96. The standard InChI is InChI=1S/C11H13N3O/c1-8(5-12)6-14-11(15)10-4-3-9(2)13-7-10/h3-4,7-8H,6H2,1-2H3,(H,14,15). The van der Waals surface area contributed by atoms with E-state index >= 15 is 0 Å². The van der Waals surface area contributed by atoms with Gasteiger partial charge < -0.3 is 5.32 Å². The van der Waals surface area contributed by atoms with Gasteiger partial charge in [0, 0.05) is 18.4 Å². The predicted octanol–water partition coefficient (Wildman–Crippen LogP) is 1.28. The highest BCUT2D eigenvalue weighted by molar-refractivity contribution is 5.93. The average Bonchev–Trinajstić information content (AvgIpc) is 2.26. The normalized spacial score (nSPS) is 11.5. The van der Waals surface area contributed by atoms with Crippen molar-refractivity contribution in [3.63, 3.8) is 0 Å². The second-order valence-corrected chi connectivity index (χ2v) is 3.43. The van der Waals surface area contributed by atoms with Gasteiger partial charge in [0.2, 0.25) is 0 Å². The fourth-order valence-electron chi connectivity index (χ4n) is 0.996. The Morgan fingerprint density at radius 2 is 2.40 bits per heavy atom. The van der Waals surface area contributed by atoms with Gasteiger partial charge in [-0.15, -0.1) is 0 Å². The van der Waals surface area contributed by atoms with Gasteiger partial charge in [-0.3, -0.25) is 9.78 Å². The number of hydrogen-bond acceptors (Lipinski definition) is 3. The minimum atomic E-state index is -0.190. The minimum absolute atomic E-state index is 0.174. The number of hydrogen-bond donors (Lipinski definition) is 1. The molecule has 15 heavy (non-hydrogen) atoms. The van der Waals surface area contributed by atoms with E-state index in [1.54, 1.807) is 19.1 Å². The number of pyridine rings is 1. The van der Waals surface area contributed by atoms with E-state index in [0.29, 0.717) is 12.1 Å². The molecule has 0 aliphatic heterocycles. The number of nitrogens with one attached hydrogen (secondary N) is 1. The fourth-order valence-corrected chi connectivity index (χ4v) is 0.996. The summed E-state index contributed by atoms with van der Waals surface area (Å²) in [6, 6.07) is 5.55. The highest BCUT2D eigenvalue weighted by atomic mass is 16.1. The van der Waals surface area contributed by atoms with Crippen molar-refractivity contribution < 1.29 is 4.79 Å². The topological polar surface area (TPSA) is 65.8 Å². The molecule has 0 aliphatic carbocycles. The summed E-state index contributed by atoms with van der Waals surface area (Å²) in [5, 5.41) is 11.2. The van der Waals surface area contributed by atoms with Gasteiger partial charge in [0.15, 0.2) is 0 Å². The molecule has 0 saturated heterocycles. The van der Waals surface area contributed by atoms with Crippen LogP contribution in [0, 0.1) is 24.2 Å². The second kappa shape index (κ2) is 5.11. The first-order chi connectivity index (χ1) is 7.13. The zero-order chi connectivity index (χ0) is 11.3. The lowest BCUT2D eigenvalue weighted by Gasteiger charge is -2.05. The van der Waals surface area contributed by atoms with Crippen LogP contribution < -0.4 is 5.32 Å². The average molecular weight is 203 g/mol. The number of aryl methyl sites for hydroxylation is 1. The summed E-state index contributed by atoms with van der Waals surface area (Å²) >= 11 is 0. The number of amides is 1. The van der Waals surface area contributed by atoms with Crippen LogP contribution in [0.3, 0.4) is 0 Å². The molecule has 0 saturated carbocycles. The molecule has 1 N–H and O–H groups in total. The van der Waals surface area contributed by atoms with Crippen LogP contribution in [0.25, 0.3) is 0 Å². The molecule has 4 heteroatoms. The Hall–Kier alpha value is -1.89. The SMILES string of the molecule is Cc1ccc(C(=O)NCC(C)C#N)cn1. The van der Waals surface area contributed by atoms with Gasteiger partial charge >= 0.3 is 0 Å². The number of nitriles is 1. The number of carbonyl (C=O) groups is 1. The van der Waals surface area contributed by atoms with Gasteiger partial charge in [0.05, 0.1) is 17.6 Å². The summed E-state index contributed by atoms with van der Waals surface area (Å²) in [4.78, 5) is 15.5. The zero-order valence-corrected chi connectivity index (χ0v) is 8.82. The monoisotopic (exact) mass is 203 g/mol. The van der Waals surface area contributed by atoms with E-state index in [2.05, 4.69) is 16.4 Å². The van der Waals surface area contributed by atoms with Gasteiger partial charge in [0.25, 0.3) is 5.91 Å². The van der Waals surface area contributed by atoms with Gasteiger partial charge in [-0.25, -0.2) is 0 Å². The second-order valence-electron chi connectivity index (χ2n) is 3.43. The van der Waals surface area contributed by atoms with E-state index in [0.717, 1.165) is 5.69 Å². The molecule has 1 heterocycles. The first-order valence-corrected chi connectivity index (χ1v) is 4.74. The van der Waals surface area contributed by atoms with Crippen molar-refractivity contribution in [2.45, 2.75) is 13.8 Å². The minimum Gasteiger partial charge on any atom is -0.351 e. The fraction of sp³-hybridized carbons (Fsp3) is 0.364. The van der Waals surface area contributed by atoms with Gasteiger partial charge in [0.1, 0.15) is 0 Å². The third kappa shape index (κ3) is 3.39. The molecule has 1 aromatic heterocycles. The van der Waals surface area contributed by atoms with Crippen LogP contribution in [0.15, 0.2) is 18.3 Å². The van der Waals surface area contributed by atoms with Gasteiger partial charge in [-0.1, -0.05) is 0 Å². The molecule has 0 aromatic carbocycles. The van der Waals surface area contributed by atoms with Crippen molar-refractivity contribution in [1.82, 2.24) is 10.3 Å². The number of nitrogens with zero attached hydrogens (tertiary/aromatic N) is 2. The molecule has 0 radical (unpaired) electrons. The van der Waals surface area contributed by atoms with Crippen molar-refractivity contribution in [2.75, 3.05) is 6.54 Å². The van der Waals surface area contributed by atoms with E-state index in [-0.39, 0.29) is 11.8 Å². The van der Waals surface area contributed by atoms with E-state index in [4.69, 9.17) is 5.26 Å². The quantitative estimate of drug-likeness (QED) is 0.804. The Bertz CT molecular complexity index is 378. The summed E-state index contributed by atoms with van der Waals surface area (Å²) in [6.07, 6.45) is 1.53. The Kier molecular flexibility index (Phi) is 3.81. The lowest BCUT2D eigenvalue weighted by atomic mass is 10.2. The molecular weight excluding hydrogens is 190 g/mol. The highest BCUT2D eigenvalue weighted by Crippen LogP contribution is 1.99. The lowest BCUT2D eigenvalue weighted by Crippen LogP contribution is -2.27. The van der Waals surface area contributed by atoms with E-state index < -0.39 is 0 Å². The summed E-state index contributed by atoms with van der Waals surface area (Å²) in [5.41, 5.74) is 1.39. The van der Waals surface area contributed by atoms with Crippen LogP contribution >= 0.6 is 0 Å². The van der Waals surface area contributed by atoms with Crippen LogP contribution in [0.4, 0.5) is 0 Å². The van der Waals surface area contributed by atoms with Crippen molar-refractivity contribution in [2.24, 2.45) is 5.92 Å². The van der Waals surface area contributed by atoms with Crippen molar-refractivity contribution >= 4 is 5.91 Å². The first-order valence-electron chi connectivity index (χ1n) is 4.74. The van der Waals surface area contributed by atoms with Crippen LogP contribution in [-0.2, 0) is 0 Å². The molecule has 1 amide bonds. The molecule has 1 rings (SSSR count). The molecular formula is C11H13N3O. The van der Waals surface area contributed by atoms with E-state index in [1.165, 1.54) is 6.20 Å². The number of aromatic nitrogens is 1. The lowest BCUT2D eigenvalue weighted by molar-refractivity contribution is 0.0950. The van der Waals surface area contributed by atoms with Crippen molar-refractivity contribution in [3.05, 3.63) is 29.6 Å². The molecule has 1 atom stereocenters. The maximum atomic E-state index is 11.5. The molecule has 1 aromatic rings. The largest absolute Gasteiger partial charge is 0.351 e. The maximum absolute atomic E-state index is 11.5. The number of carbonyl (C=O) groups excluding carboxylic acids is 1. The Balaban J connectivity index is 2.55. The maximum Gasteiger partial charge on any atom is 0.252 e. The zero-order valence-electron chi connectivity index (χ0n) is 8.82. The van der Waals surface area contributed by atoms with Crippen LogP contribution in [-0.4, -0.2) is 17.4 Å². The van der Waals surface area contributed by atoms with E-state index in [9.17, 15) is 4.79 Å². The van der Waals surface area contributed by atoms with E-state index in [1.807, 2.05) is 6.92 Å². The molecule has 0 bridgehead atoms. The Labute approximate surface area is 88.9 Å². The summed E-state index contributed by atoms with van der Waals surface area (Å²) in [5.74, 6) is -0.364. The molecule has 1 unspecified atom stereocenters. The van der Waals surface area contributed by atoms with Crippen LogP contribution in [0.5, 0.6) is 0 Å². The predicted molar refractivity (Wildman–Crippen MR) is 56.1 cm³/mol. The highest BCUT2D eigenvalue weighted by Gasteiger charge is 2.06. The smallest absolute Gasteiger partial charge is 0.252 e. The molecule has 4 nitrogen and oxygen atoms in total. The molecule has 0 aliphatic rings. The van der Waals surface area contributed by atoms with Crippen LogP contribution in [0.1, 0.15) is 23.0 Å². The molecule has 0 fully saturated rings. The van der Waals surface area contributed by atoms with Crippen molar-refractivity contribution in [3.8, 4) is 6.07 Å². The van der Waals surface area contributed by atoms with Crippen LogP contribution in [0.2, 0.25) is 0 Å². The van der Waals surface area contributed by atoms with Gasteiger partial charge in [-0.05, 0) is 26.0 Å².